The Morgan fingerprint density at radius 1 is 1.15 bits per heavy atom. The van der Waals surface area contributed by atoms with E-state index in [1.54, 1.807) is 36.4 Å². The Balaban J connectivity index is 1.50. The van der Waals surface area contributed by atoms with E-state index in [-0.39, 0.29) is 30.4 Å². The third kappa shape index (κ3) is 4.21. The lowest BCUT2D eigenvalue weighted by Gasteiger charge is -2.35. The first kappa shape index (κ1) is 22.2. The summed E-state index contributed by atoms with van der Waals surface area (Å²) in [4.78, 5) is 48.9. The number of nitrogens with one attached hydrogen (secondary N) is 2. The van der Waals surface area contributed by atoms with Crippen molar-refractivity contribution >= 4 is 40.7 Å². The lowest BCUT2D eigenvalue weighted by atomic mass is 9.72. The van der Waals surface area contributed by atoms with E-state index in [2.05, 4.69) is 15.7 Å². The molecule has 4 amide bonds. The largest absolute Gasteiger partial charge is 0.368 e. The van der Waals surface area contributed by atoms with Crippen LogP contribution >= 0.6 is 0 Å². The van der Waals surface area contributed by atoms with Crippen molar-refractivity contribution in [3.05, 3.63) is 60.2 Å². The zero-order valence-corrected chi connectivity index (χ0v) is 18.2. The van der Waals surface area contributed by atoms with E-state index >= 15 is 0 Å². The molecule has 2 aromatic rings. The SMILES string of the molecule is CCC1(c2ccc(NC(=O)C3=NN(c4ccccc4)C(C(N)=O)C3)cc2)CCC(=O)NC1=O. The van der Waals surface area contributed by atoms with Crippen LogP contribution in [0.2, 0.25) is 0 Å². The lowest BCUT2D eigenvalue weighted by molar-refractivity contribution is -0.138. The van der Waals surface area contributed by atoms with Gasteiger partial charge in [-0.15, -0.1) is 0 Å². The van der Waals surface area contributed by atoms with Crippen molar-refractivity contribution in [1.29, 1.82) is 0 Å². The lowest BCUT2D eigenvalue weighted by Crippen LogP contribution is -2.51. The van der Waals surface area contributed by atoms with Crippen molar-refractivity contribution < 1.29 is 19.2 Å². The van der Waals surface area contributed by atoms with Gasteiger partial charge < -0.3 is 11.1 Å². The normalized spacial score (nSPS) is 22.5. The number of nitrogens with two attached hydrogens (primary N) is 1. The minimum absolute atomic E-state index is 0.0985. The number of piperidine rings is 1. The van der Waals surface area contributed by atoms with Gasteiger partial charge in [-0.3, -0.25) is 29.5 Å². The monoisotopic (exact) mass is 447 g/mol. The molecule has 9 nitrogen and oxygen atoms in total. The first-order valence-electron chi connectivity index (χ1n) is 10.8. The molecule has 0 spiro atoms. The number of carbonyl (C=O) groups excluding carboxylic acids is 4. The van der Waals surface area contributed by atoms with Crippen LogP contribution < -0.4 is 21.4 Å². The van der Waals surface area contributed by atoms with E-state index in [0.29, 0.717) is 24.2 Å². The Morgan fingerprint density at radius 2 is 1.85 bits per heavy atom. The maximum absolute atomic E-state index is 12.8. The topological polar surface area (TPSA) is 134 Å². The number of primary amides is 1. The molecule has 4 rings (SSSR count). The van der Waals surface area contributed by atoms with Crippen LogP contribution in [0.15, 0.2) is 59.7 Å². The van der Waals surface area contributed by atoms with Crippen LogP contribution in [0, 0.1) is 0 Å². The fraction of sp³-hybridized carbons (Fsp3) is 0.292. The fourth-order valence-electron chi connectivity index (χ4n) is 4.33. The third-order valence-corrected chi connectivity index (χ3v) is 6.29. The van der Waals surface area contributed by atoms with Crippen LogP contribution in [-0.4, -0.2) is 35.4 Å². The summed E-state index contributed by atoms with van der Waals surface area (Å²) in [6.45, 7) is 1.91. The number of anilines is 2. The molecule has 4 N–H and O–H groups in total. The summed E-state index contributed by atoms with van der Waals surface area (Å²) in [5.41, 5.74) is 6.95. The summed E-state index contributed by atoms with van der Waals surface area (Å²) < 4.78 is 0. The maximum Gasteiger partial charge on any atom is 0.271 e. The van der Waals surface area contributed by atoms with E-state index in [4.69, 9.17) is 5.73 Å². The zero-order valence-electron chi connectivity index (χ0n) is 18.2. The van der Waals surface area contributed by atoms with Crippen LogP contribution in [0.5, 0.6) is 0 Å². The number of rotatable bonds is 6. The van der Waals surface area contributed by atoms with Crippen molar-refractivity contribution in [2.45, 2.75) is 44.1 Å². The summed E-state index contributed by atoms with van der Waals surface area (Å²) in [5.74, 6) is -1.55. The summed E-state index contributed by atoms with van der Waals surface area (Å²) in [7, 11) is 0. The number of nitrogens with zero attached hydrogens (tertiary/aromatic N) is 2. The minimum Gasteiger partial charge on any atom is -0.368 e. The molecule has 9 heteroatoms. The first-order valence-corrected chi connectivity index (χ1v) is 10.8. The van der Waals surface area contributed by atoms with Gasteiger partial charge in [-0.1, -0.05) is 37.3 Å². The Bertz CT molecular complexity index is 1130. The average molecular weight is 447 g/mol. The molecule has 2 heterocycles. The average Bonchev–Trinajstić information content (AvgIpc) is 3.27. The molecule has 0 saturated carbocycles. The van der Waals surface area contributed by atoms with E-state index in [9.17, 15) is 19.2 Å². The van der Waals surface area contributed by atoms with Crippen molar-refractivity contribution in [2.24, 2.45) is 10.8 Å². The highest BCUT2D eigenvalue weighted by Gasteiger charge is 2.42. The predicted molar refractivity (Wildman–Crippen MR) is 123 cm³/mol. The number of amides is 4. The van der Waals surface area contributed by atoms with Crippen molar-refractivity contribution in [3.63, 3.8) is 0 Å². The van der Waals surface area contributed by atoms with Gasteiger partial charge in [0, 0.05) is 18.5 Å². The highest BCUT2D eigenvalue weighted by molar-refractivity contribution is 6.44. The Kier molecular flexibility index (Phi) is 5.95. The Labute approximate surface area is 191 Å². The molecule has 0 radical (unpaired) electrons. The molecular weight excluding hydrogens is 422 g/mol. The zero-order chi connectivity index (χ0) is 23.6. The maximum atomic E-state index is 12.8. The number of hydrogen-bond donors (Lipinski definition) is 3. The Hall–Kier alpha value is -4.01. The minimum atomic E-state index is -0.767. The number of benzene rings is 2. The molecular formula is C24H25N5O4. The number of imide groups is 1. The summed E-state index contributed by atoms with van der Waals surface area (Å²) in [6, 6.07) is 15.3. The molecule has 0 bridgehead atoms. The summed E-state index contributed by atoms with van der Waals surface area (Å²) in [5, 5.41) is 11.0. The van der Waals surface area contributed by atoms with Crippen LogP contribution in [0.1, 0.15) is 38.2 Å². The smallest absolute Gasteiger partial charge is 0.271 e. The molecule has 0 aliphatic carbocycles. The highest BCUT2D eigenvalue weighted by Crippen LogP contribution is 2.36. The Morgan fingerprint density at radius 3 is 2.45 bits per heavy atom. The van der Waals surface area contributed by atoms with Crippen LogP contribution in [0.4, 0.5) is 11.4 Å². The van der Waals surface area contributed by atoms with E-state index in [0.717, 1.165) is 5.56 Å². The third-order valence-electron chi connectivity index (χ3n) is 6.29. The van der Waals surface area contributed by atoms with E-state index < -0.39 is 23.3 Å². The molecule has 0 aromatic heterocycles. The number of hydrazone groups is 1. The van der Waals surface area contributed by atoms with Gasteiger partial charge in [-0.05, 0) is 42.7 Å². The molecule has 2 unspecified atom stereocenters. The van der Waals surface area contributed by atoms with Crippen LogP contribution in [-0.2, 0) is 24.6 Å². The number of carbonyl (C=O) groups is 4. The standard InChI is InChI=1S/C24H25N5O4/c1-2-24(13-12-20(30)27-23(24)33)15-8-10-16(11-9-15)26-22(32)18-14-19(21(25)31)29(28-18)17-6-4-3-5-7-17/h3-11,19H,2,12-14H2,1H3,(H2,25,31)(H,26,32)(H,27,30,33). The first-order chi connectivity index (χ1) is 15.8. The van der Waals surface area contributed by atoms with Gasteiger partial charge in [-0.25, -0.2) is 0 Å². The van der Waals surface area contributed by atoms with Crippen molar-refractivity contribution in [3.8, 4) is 0 Å². The second-order valence-electron chi connectivity index (χ2n) is 8.19. The number of para-hydroxylation sites is 1. The van der Waals surface area contributed by atoms with Gasteiger partial charge in [0.2, 0.25) is 17.7 Å². The van der Waals surface area contributed by atoms with Gasteiger partial charge in [0.05, 0.1) is 11.1 Å². The van der Waals surface area contributed by atoms with Crippen LogP contribution in [0.25, 0.3) is 0 Å². The van der Waals surface area contributed by atoms with Crippen molar-refractivity contribution in [1.82, 2.24) is 5.32 Å². The van der Waals surface area contributed by atoms with Gasteiger partial charge in [-0.2, -0.15) is 5.10 Å². The quantitative estimate of drug-likeness (QED) is 0.581. The molecule has 2 aromatic carbocycles. The van der Waals surface area contributed by atoms with Gasteiger partial charge in [0.1, 0.15) is 11.8 Å². The summed E-state index contributed by atoms with van der Waals surface area (Å²) >= 11 is 0. The molecule has 33 heavy (non-hydrogen) atoms. The molecule has 2 aliphatic rings. The second-order valence-corrected chi connectivity index (χ2v) is 8.19. The molecule has 1 fully saturated rings. The van der Waals surface area contributed by atoms with Gasteiger partial charge in [0.25, 0.3) is 5.91 Å². The summed E-state index contributed by atoms with van der Waals surface area (Å²) in [6.07, 6.45) is 1.39. The van der Waals surface area contributed by atoms with Gasteiger partial charge in [0.15, 0.2) is 0 Å². The van der Waals surface area contributed by atoms with Crippen LogP contribution in [0.3, 0.4) is 0 Å². The predicted octanol–water partition coefficient (Wildman–Crippen LogP) is 1.83. The molecule has 2 atom stereocenters. The second kappa shape index (κ2) is 8.85. The van der Waals surface area contributed by atoms with E-state index in [1.165, 1.54) is 5.01 Å². The van der Waals surface area contributed by atoms with Crippen molar-refractivity contribution in [2.75, 3.05) is 10.3 Å². The molecule has 2 aliphatic heterocycles. The highest BCUT2D eigenvalue weighted by atomic mass is 16.2. The molecule has 1 saturated heterocycles. The fourth-order valence-corrected chi connectivity index (χ4v) is 4.33. The van der Waals surface area contributed by atoms with E-state index in [1.807, 2.05) is 25.1 Å². The van der Waals surface area contributed by atoms with Gasteiger partial charge >= 0.3 is 0 Å². The number of hydrogen-bond acceptors (Lipinski definition) is 6. The molecule has 170 valence electrons.